The maximum absolute atomic E-state index is 11.3. The standard InChI is InChI=1S/C13H26N2O4/c1-13(2,3)18-11(16)10-12(17)19-15-9-7-5-4-6-8-14/h15H,4-10,14H2,1-3H3. The molecule has 0 aliphatic heterocycles. The Bertz CT molecular complexity index is 274. The van der Waals surface area contributed by atoms with Crippen molar-refractivity contribution in [2.45, 2.75) is 58.5 Å². The number of hydroxylamine groups is 1. The molecule has 6 heteroatoms. The van der Waals surface area contributed by atoms with E-state index in [-0.39, 0.29) is 6.42 Å². The van der Waals surface area contributed by atoms with Crippen LogP contribution in [0.2, 0.25) is 0 Å². The van der Waals surface area contributed by atoms with E-state index in [0.29, 0.717) is 13.1 Å². The zero-order chi connectivity index (χ0) is 14.7. The van der Waals surface area contributed by atoms with Gasteiger partial charge in [0.05, 0.1) is 0 Å². The molecule has 0 unspecified atom stereocenters. The molecule has 0 atom stereocenters. The Morgan fingerprint density at radius 1 is 1.05 bits per heavy atom. The number of hydrogen-bond donors (Lipinski definition) is 2. The summed E-state index contributed by atoms with van der Waals surface area (Å²) >= 11 is 0. The molecule has 0 saturated carbocycles. The van der Waals surface area contributed by atoms with E-state index in [1.54, 1.807) is 20.8 Å². The van der Waals surface area contributed by atoms with E-state index in [1.165, 1.54) is 0 Å². The average Bonchev–Trinajstić information content (AvgIpc) is 2.25. The lowest BCUT2D eigenvalue weighted by Crippen LogP contribution is -2.28. The van der Waals surface area contributed by atoms with Crippen LogP contribution in [-0.2, 0) is 19.2 Å². The lowest BCUT2D eigenvalue weighted by atomic mass is 10.2. The van der Waals surface area contributed by atoms with Gasteiger partial charge in [-0.3, -0.25) is 4.79 Å². The second kappa shape index (κ2) is 9.75. The zero-order valence-corrected chi connectivity index (χ0v) is 12.2. The minimum absolute atomic E-state index is 0.378. The minimum atomic E-state index is -0.629. The van der Waals surface area contributed by atoms with Crippen LogP contribution in [0.15, 0.2) is 0 Å². The smallest absolute Gasteiger partial charge is 0.335 e. The van der Waals surface area contributed by atoms with Gasteiger partial charge >= 0.3 is 11.9 Å². The summed E-state index contributed by atoms with van der Waals surface area (Å²) in [4.78, 5) is 27.3. The van der Waals surface area contributed by atoms with Crippen molar-refractivity contribution in [2.75, 3.05) is 13.1 Å². The fraction of sp³-hybridized carbons (Fsp3) is 0.846. The second-order valence-corrected chi connectivity index (χ2v) is 5.33. The van der Waals surface area contributed by atoms with E-state index in [2.05, 4.69) is 5.48 Å². The number of ether oxygens (including phenoxy) is 1. The molecule has 0 rings (SSSR count). The lowest BCUT2D eigenvalue weighted by molar-refractivity contribution is -0.164. The number of carbonyl (C=O) groups excluding carboxylic acids is 2. The molecule has 0 heterocycles. The van der Waals surface area contributed by atoms with Crippen molar-refractivity contribution in [2.24, 2.45) is 5.73 Å². The van der Waals surface area contributed by atoms with Crippen LogP contribution in [-0.4, -0.2) is 30.6 Å². The van der Waals surface area contributed by atoms with Crippen molar-refractivity contribution in [1.29, 1.82) is 0 Å². The summed E-state index contributed by atoms with van der Waals surface area (Å²) in [6.45, 7) is 6.52. The molecule has 3 N–H and O–H groups in total. The molecule has 6 nitrogen and oxygen atoms in total. The molecule has 0 saturated heterocycles. The third kappa shape index (κ3) is 13.1. The van der Waals surface area contributed by atoms with Crippen molar-refractivity contribution >= 4 is 11.9 Å². The maximum Gasteiger partial charge on any atom is 0.335 e. The van der Waals surface area contributed by atoms with Crippen LogP contribution in [0.4, 0.5) is 0 Å². The van der Waals surface area contributed by atoms with E-state index in [0.717, 1.165) is 25.7 Å². The second-order valence-electron chi connectivity index (χ2n) is 5.33. The first-order valence-corrected chi connectivity index (χ1v) is 6.69. The molecule has 112 valence electrons. The highest BCUT2D eigenvalue weighted by atomic mass is 16.7. The molecular weight excluding hydrogens is 248 g/mol. The van der Waals surface area contributed by atoms with Gasteiger partial charge in [-0.1, -0.05) is 12.8 Å². The number of nitrogens with two attached hydrogens (primary N) is 1. The molecule has 0 aromatic heterocycles. The summed E-state index contributed by atoms with van der Waals surface area (Å²) in [5, 5.41) is 0. The molecule has 0 amide bonds. The van der Waals surface area contributed by atoms with Gasteiger partial charge in [0.2, 0.25) is 0 Å². The molecule has 19 heavy (non-hydrogen) atoms. The normalized spacial score (nSPS) is 11.2. The van der Waals surface area contributed by atoms with Gasteiger partial charge in [-0.05, 0) is 40.2 Å². The van der Waals surface area contributed by atoms with E-state index in [9.17, 15) is 9.59 Å². The fourth-order valence-corrected chi connectivity index (χ4v) is 1.36. The number of esters is 1. The SMILES string of the molecule is CC(C)(C)OC(=O)CC(=O)ONCCCCCCN. The molecule has 0 fully saturated rings. The van der Waals surface area contributed by atoms with Gasteiger partial charge in [-0.15, -0.1) is 0 Å². The van der Waals surface area contributed by atoms with Crippen molar-refractivity contribution in [3.8, 4) is 0 Å². The van der Waals surface area contributed by atoms with Gasteiger partial charge in [-0.25, -0.2) is 4.79 Å². The summed E-state index contributed by atoms with van der Waals surface area (Å²) in [7, 11) is 0. The Morgan fingerprint density at radius 3 is 2.26 bits per heavy atom. The van der Waals surface area contributed by atoms with Gasteiger partial charge in [0.25, 0.3) is 0 Å². The van der Waals surface area contributed by atoms with Gasteiger partial charge in [-0.2, -0.15) is 5.48 Å². The Labute approximate surface area is 115 Å². The predicted octanol–water partition coefficient (Wildman–Crippen LogP) is 1.29. The summed E-state index contributed by atoms with van der Waals surface area (Å²) in [6.07, 6.45) is 3.65. The summed E-state index contributed by atoms with van der Waals surface area (Å²) in [5.74, 6) is -1.21. The van der Waals surface area contributed by atoms with Gasteiger partial charge in [0, 0.05) is 6.54 Å². The Morgan fingerprint density at radius 2 is 1.68 bits per heavy atom. The molecule has 0 spiro atoms. The summed E-state index contributed by atoms with van der Waals surface area (Å²) in [5.41, 5.74) is 7.32. The van der Waals surface area contributed by atoms with Crippen LogP contribution >= 0.6 is 0 Å². The Balaban J connectivity index is 3.52. The molecule has 0 aromatic rings. The molecular formula is C13H26N2O4. The highest BCUT2D eigenvalue weighted by Crippen LogP contribution is 2.08. The Kier molecular flexibility index (Phi) is 9.16. The third-order valence-corrected chi connectivity index (χ3v) is 2.13. The monoisotopic (exact) mass is 274 g/mol. The van der Waals surface area contributed by atoms with Crippen LogP contribution in [0.3, 0.4) is 0 Å². The van der Waals surface area contributed by atoms with Crippen LogP contribution in [0.5, 0.6) is 0 Å². The number of carbonyl (C=O) groups is 2. The molecule has 0 aromatic carbocycles. The predicted molar refractivity (Wildman–Crippen MR) is 72.1 cm³/mol. The van der Waals surface area contributed by atoms with Gasteiger partial charge in [0.1, 0.15) is 12.0 Å². The van der Waals surface area contributed by atoms with Crippen molar-refractivity contribution in [1.82, 2.24) is 5.48 Å². The molecule has 0 radical (unpaired) electrons. The average molecular weight is 274 g/mol. The van der Waals surface area contributed by atoms with E-state index < -0.39 is 17.5 Å². The van der Waals surface area contributed by atoms with Crippen LogP contribution < -0.4 is 11.2 Å². The van der Waals surface area contributed by atoms with Crippen LogP contribution in [0, 0.1) is 0 Å². The van der Waals surface area contributed by atoms with Crippen LogP contribution in [0.25, 0.3) is 0 Å². The maximum atomic E-state index is 11.3. The number of nitrogens with one attached hydrogen (secondary N) is 1. The van der Waals surface area contributed by atoms with Crippen molar-refractivity contribution in [3.05, 3.63) is 0 Å². The first-order valence-electron chi connectivity index (χ1n) is 6.69. The minimum Gasteiger partial charge on any atom is -0.460 e. The third-order valence-electron chi connectivity index (χ3n) is 2.13. The van der Waals surface area contributed by atoms with E-state index >= 15 is 0 Å². The lowest BCUT2D eigenvalue weighted by Gasteiger charge is -2.18. The van der Waals surface area contributed by atoms with E-state index in [1.807, 2.05) is 0 Å². The van der Waals surface area contributed by atoms with E-state index in [4.69, 9.17) is 15.3 Å². The summed E-state index contributed by atoms with van der Waals surface area (Å²) in [6, 6.07) is 0. The van der Waals surface area contributed by atoms with Gasteiger partial charge in [0.15, 0.2) is 0 Å². The van der Waals surface area contributed by atoms with Crippen molar-refractivity contribution < 1.29 is 19.2 Å². The molecule has 0 bridgehead atoms. The topological polar surface area (TPSA) is 90.7 Å². The molecule has 0 aliphatic carbocycles. The highest BCUT2D eigenvalue weighted by molar-refractivity contribution is 5.91. The molecule has 0 aliphatic rings. The zero-order valence-electron chi connectivity index (χ0n) is 12.2. The first-order chi connectivity index (χ1) is 8.85. The fourth-order valence-electron chi connectivity index (χ4n) is 1.36. The number of hydrogen-bond acceptors (Lipinski definition) is 6. The van der Waals surface area contributed by atoms with Gasteiger partial charge < -0.3 is 15.3 Å². The number of unbranched alkanes of at least 4 members (excludes halogenated alkanes) is 3. The number of rotatable bonds is 9. The van der Waals surface area contributed by atoms with Crippen molar-refractivity contribution in [3.63, 3.8) is 0 Å². The largest absolute Gasteiger partial charge is 0.460 e. The Hall–Kier alpha value is -1.14. The summed E-state index contributed by atoms with van der Waals surface area (Å²) < 4.78 is 5.00. The van der Waals surface area contributed by atoms with Crippen LogP contribution in [0.1, 0.15) is 52.9 Å². The first kappa shape index (κ1) is 17.9. The quantitative estimate of drug-likeness (QED) is 0.285. The highest BCUT2D eigenvalue weighted by Gasteiger charge is 2.19.